The molecule has 4 rings (SSSR count). The van der Waals surface area contributed by atoms with Gasteiger partial charge in [0.1, 0.15) is 0 Å². The molecule has 0 saturated carbocycles. The lowest BCUT2D eigenvalue weighted by molar-refractivity contribution is 0.250. The van der Waals surface area contributed by atoms with Crippen LogP contribution in [0.3, 0.4) is 0 Å². The molecular weight excluding hydrogens is 302 g/mol. The van der Waals surface area contributed by atoms with Gasteiger partial charge in [0.15, 0.2) is 0 Å². The maximum atomic E-state index is 4.98. The number of nitrogens with zero attached hydrogens (tertiary/aromatic N) is 2. The summed E-state index contributed by atoms with van der Waals surface area (Å²) in [5.74, 6) is 1.35. The lowest BCUT2D eigenvalue weighted by atomic mass is 9.99. The zero-order chi connectivity index (χ0) is 15.8. The molecule has 1 unspecified atom stereocenters. The van der Waals surface area contributed by atoms with Gasteiger partial charge in [-0.15, -0.1) is 11.3 Å². The molecule has 2 aliphatic rings. The fourth-order valence-corrected chi connectivity index (χ4v) is 4.71. The largest absolute Gasteiger partial charge is 0.385 e. The standard InChI is InChI=1S/C19H25N3S/c1-13-5-7-16(20-11-13)14-6-8-18-17(10-14)21-19(23-18)15-4-3-9-22(2)12-15/h6-8,10,13,15,20H,3-5,9,11-12H2,1-2H3/t13-,15?/m0/s1. The van der Waals surface area contributed by atoms with Crippen LogP contribution in [-0.2, 0) is 0 Å². The van der Waals surface area contributed by atoms with Gasteiger partial charge < -0.3 is 10.2 Å². The van der Waals surface area contributed by atoms with Crippen molar-refractivity contribution in [3.8, 4) is 0 Å². The second-order valence-corrected chi connectivity index (χ2v) is 8.24. The maximum absolute atomic E-state index is 4.98. The van der Waals surface area contributed by atoms with Crippen molar-refractivity contribution in [3.05, 3.63) is 34.8 Å². The first-order valence-electron chi connectivity index (χ1n) is 8.72. The normalized spacial score (nSPS) is 26.1. The first-order valence-corrected chi connectivity index (χ1v) is 9.54. The van der Waals surface area contributed by atoms with Crippen LogP contribution in [0.2, 0.25) is 0 Å². The van der Waals surface area contributed by atoms with Gasteiger partial charge in [0.25, 0.3) is 0 Å². The molecule has 3 nitrogen and oxygen atoms in total. The molecule has 23 heavy (non-hydrogen) atoms. The predicted molar refractivity (Wildman–Crippen MR) is 98.9 cm³/mol. The number of hydrogen-bond acceptors (Lipinski definition) is 4. The summed E-state index contributed by atoms with van der Waals surface area (Å²) in [5, 5.41) is 4.88. The van der Waals surface area contributed by atoms with Crippen LogP contribution in [0.5, 0.6) is 0 Å². The van der Waals surface area contributed by atoms with E-state index in [9.17, 15) is 0 Å². The van der Waals surface area contributed by atoms with Gasteiger partial charge in [-0.3, -0.25) is 0 Å². The summed E-state index contributed by atoms with van der Waals surface area (Å²) < 4.78 is 1.32. The topological polar surface area (TPSA) is 28.2 Å². The summed E-state index contributed by atoms with van der Waals surface area (Å²) >= 11 is 1.88. The summed E-state index contributed by atoms with van der Waals surface area (Å²) in [4.78, 5) is 7.41. The molecule has 0 bridgehead atoms. The van der Waals surface area contributed by atoms with E-state index in [1.165, 1.54) is 40.4 Å². The fraction of sp³-hybridized carbons (Fsp3) is 0.526. The Morgan fingerprint density at radius 3 is 3.04 bits per heavy atom. The Kier molecular flexibility index (Phi) is 4.12. The van der Waals surface area contributed by atoms with E-state index in [4.69, 9.17) is 4.98 Å². The molecule has 0 spiro atoms. The number of allylic oxidation sites excluding steroid dienone is 1. The molecule has 1 aromatic heterocycles. The molecule has 0 amide bonds. The highest BCUT2D eigenvalue weighted by atomic mass is 32.1. The van der Waals surface area contributed by atoms with Gasteiger partial charge in [-0.2, -0.15) is 0 Å². The molecule has 1 saturated heterocycles. The van der Waals surface area contributed by atoms with Crippen molar-refractivity contribution in [2.45, 2.75) is 32.1 Å². The van der Waals surface area contributed by atoms with Crippen LogP contribution in [0.4, 0.5) is 0 Å². The van der Waals surface area contributed by atoms with Gasteiger partial charge >= 0.3 is 0 Å². The minimum absolute atomic E-state index is 0.613. The molecular formula is C19H25N3S. The number of nitrogens with one attached hydrogen (secondary N) is 1. The molecule has 0 radical (unpaired) electrons. The van der Waals surface area contributed by atoms with Gasteiger partial charge in [-0.1, -0.05) is 19.1 Å². The van der Waals surface area contributed by atoms with Crippen LogP contribution >= 0.6 is 11.3 Å². The number of piperidine rings is 1. The molecule has 3 heterocycles. The second kappa shape index (κ2) is 6.25. The number of benzene rings is 1. The van der Waals surface area contributed by atoms with Crippen molar-refractivity contribution < 1.29 is 0 Å². The van der Waals surface area contributed by atoms with Crippen LogP contribution in [-0.4, -0.2) is 36.6 Å². The summed E-state index contributed by atoms with van der Waals surface area (Å²) in [6, 6.07) is 6.75. The van der Waals surface area contributed by atoms with Crippen molar-refractivity contribution >= 4 is 27.3 Å². The highest BCUT2D eigenvalue weighted by Crippen LogP contribution is 2.33. The van der Waals surface area contributed by atoms with Crippen LogP contribution in [0.15, 0.2) is 24.3 Å². The van der Waals surface area contributed by atoms with Crippen LogP contribution in [0, 0.1) is 5.92 Å². The van der Waals surface area contributed by atoms with Crippen molar-refractivity contribution in [1.29, 1.82) is 0 Å². The zero-order valence-corrected chi connectivity index (χ0v) is 14.8. The van der Waals surface area contributed by atoms with E-state index in [1.54, 1.807) is 0 Å². The Hall–Kier alpha value is -1.39. The van der Waals surface area contributed by atoms with E-state index in [2.05, 4.69) is 48.5 Å². The number of thiazole rings is 1. The average Bonchev–Trinajstić information content (AvgIpc) is 2.99. The smallest absolute Gasteiger partial charge is 0.0982 e. The predicted octanol–water partition coefficient (Wildman–Crippen LogP) is 4.08. The average molecular weight is 327 g/mol. The minimum atomic E-state index is 0.613. The number of likely N-dealkylation sites (tertiary alicyclic amines) is 1. The monoisotopic (exact) mass is 327 g/mol. The Morgan fingerprint density at radius 1 is 1.35 bits per heavy atom. The molecule has 1 aromatic carbocycles. The summed E-state index contributed by atoms with van der Waals surface area (Å²) in [7, 11) is 2.22. The molecule has 1 fully saturated rings. The Balaban J connectivity index is 1.62. The van der Waals surface area contributed by atoms with E-state index in [0.29, 0.717) is 5.92 Å². The van der Waals surface area contributed by atoms with E-state index >= 15 is 0 Å². The third-order valence-corrected chi connectivity index (χ3v) is 6.25. The second-order valence-electron chi connectivity index (χ2n) is 7.18. The first kappa shape index (κ1) is 15.2. The molecule has 1 N–H and O–H groups in total. The van der Waals surface area contributed by atoms with Crippen molar-refractivity contribution in [1.82, 2.24) is 15.2 Å². The highest BCUT2D eigenvalue weighted by Gasteiger charge is 2.22. The third kappa shape index (κ3) is 3.15. The number of likely N-dealkylation sites (N-methyl/N-ethyl adjacent to an activating group) is 1. The van der Waals surface area contributed by atoms with Gasteiger partial charge in [0.2, 0.25) is 0 Å². The number of rotatable bonds is 2. The van der Waals surface area contributed by atoms with Crippen LogP contribution < -0.4 is 5.32 Å². The highest BCUT2D eigenvalue weighted by molar-refractivity contribution is 7.18. The number of aromatic nitrogens is 1. The van der Waals surface area contributed by atoms with Gasteiger partial charge in [0, 0.05) is 24.7 Å². The van der Waals surface area contributed by atoms with E-state index in [1.807, 2.05) is 11.3 Å². The Labute approximate surface area is 142 Å². The first-order chi connectivity index (χ1) is 11.2. The summed E-state index contributed by atoms with van der Waals surface area (Å²) in [6.45, 7) is 5.74. The zero-order valence-electron chi connectivity index (χ0n) is 14.0. The third-order valence-electron chi connectivity index (χ3n) is 5.05. The maximum Gasteiger partial charge on any atom is 0.0982 e. The molecule has 2 aromatic rings. The van der Waals surface area contributed by atoms with Gasteiger partial charge in [-0.05, 0) is 56.5 Å². The Bertz CT molecular complexity index is 733. The number of fused-ring (bicyclic) bond motifs is 1. The van der Waals surface area contributed by atoms with E-state index in [-0.39, 0.29) is 0 Å². The lowest BCUT2D eigenvalue weighted by Crippen LogP contribution is -2.30. The lowest BCUT2D eigenvalue weighted by Gasteiger charge is -2.28. The summed E-state index contributed by atoms with van der Waals surface area (Å²) in [5.41, 5.74) is 3.72. The molecule has 2 atom stereocenters. The van der Waals surface area contributed by atoms with Crippen LogP contribution in [0.25, 0.3) is 15.9 Å². The Morgan fingerprint density at radius 2 is 2.26 bits per heavy atom. The minimum Gasteiger partial charge on any atom is -0.385 e. The summed E-state index contributed by atoms with van der Waals surface area (Å²) in [6.07, 6.45) is 6.06. The molecule has 4 heteroatoms. The quantitative estimate of drug-likeness (QED) is 0.901. The van der Waals surface area contributed by atoms with E-state index in [0.717, 1.165) is 30.9 Å². The SMILES string of the molecule is C[C@H]1CC=C(c2ccc3sc(C4CCCN(C)C4)nc3c2)NC1. The van der Waals surface area contributed by atoms with Gasteiger partial charge in [0.05, 0.1) is 15.2 Å². The molecule has 122 valence electrons. The van der Waals surface area contributed by atoms with Crippen LogP contribution in [0.1, 0.15) is 42.7 Å². The van der Waals surface area contributed by atoms with Gasteiger partial charge in [-0.25, -0.2) is 4.98 Å². The van der Waals surface area contributed by atoms with Crippen molar-refractivity contribution in [3.63, 3.8) is 0 Å². The molecule has 0 aliphatic carbocycles. The van der Waals surface area contributed by atoms with Crippen molar-refractivity contribution in [2.75, 3.05) is 26.7 Å². The van der Waals surface area contributed by atoms with Crippen molar-refractivity contribution in [2.24, 2.45) is 5.92 Å². The number of hydrogen-bond donors (Lipinski definition) is 1. The van der Waals surface area contributed by atoms with E-state index < -0.39 is 0 Å². The molecule has 2 aliphatic heterocycles. The fourth-order valence-electron chi connectivity index (χ4n) is 3.63.